The van der Waals surface area contributed by atoms with Gasteiger partial charge >= 0.3 is 0 Å². The predicted octanol–water partition coefficient (Wildman–Crippen LogP) is 8.37. The molecule has 0 aliphatic carbocycles. The lowest BCUT2D eigenvalue weighted by Crippen LogP contribution is -2.30. The van der Waals surface area contributed by atoms with Gasteiger partial charge in [-0.05, 0) is 66.2 Å². The first kappa shape index (κ1) is 31.2. The van der Waals surface area contributed by atoms with E-state index in [1.165, 1.54) is 23.1 Å². The second-order valence-electron chi connectivity index (χ2n) is 9.30. The summed E-state index contributed by atoms with van der Waals surface area (Å²) >= 11 is 12.2. The molecule has 5 rings (SSSR count). The van der Waals surface area contributed by atoms with E-state index in [2.05, 4.69) is 36.9 Å². The highest BCUT2D eigenvalue weighted by atomic mass is 79.9. The average molecular weight is 704 g/mol. The van der Waals surface area contributed by atoms with Gasteiger partial charge in [-0.15, -0.1) is 23.1 Å². The third-order valence-electron chi connectivity index (χ3n) is 6.04. The molecule has 0 aliphatic rings. The smallest absolute Gasteiger partial charge is 0.272 e. The van der Waals surface area contributed by atoms with Crippen LogP contribution in [0.1, 0.15) is 15.9 Å². The van der Waals surface area contributed by atoms with Crippen LogP contribution in [0.15, 0.2) is 124 Å². The summed E-state index contributed by atoms with van der Waals surface area (Å²) in [5.74, 6) is -0.984. The number of hydrogen-bond acceptors (Lipinski definition) is 6. The highest BCUT2D eigenvalue weighted by Crippen LogP contribution is 2.27. The van der Waals surface area contributed by atoms with Gasteiger partial charge in [-0.2, -0.15) is 0 Å². The zero-order valence-corrected chi connectivity index (χ0v) is 26.9. The summed E-state index contributed by atoms with van der Waals surface area (Å²) < 4.78 is 0.981. The zero-order valence-electron chi connectivity index (χ0n) is 22.9. The fourth-order valence-corrected chi connectivity index (χ4v) is 5.91. The number of anilines is 2. The summed E-state index contributed by atoms with van der Waals surface area (Å²) in [6.07, 6.45) is 1.56. The number of thiazole rings is 1. The molecule has 220 valence electrons. The number of hydrogen-bond donors (Lipinski definition) is 3. The quantitative estimate of drug-likeness (QED) is 0.100. The molecule has 0 bridgehead atoms. The maximum Gasteiger partial charge on any atom is 0.272 e. The van der Waals surface area contributed by atoms with Gasteiger partial charge in [0.25, 0.3) is 11.8 Å². The molecule has 11 heteroatoms. The lowest BCUT2D eigenvalue weighted by Gasteiger charge is -2.12. The van der Waals surface area contributed by atoms with Crippen molar-refractivity contribution in [2.75, 3.05) is 16.4 Å². The molecule has 0 atom stereocenters. The van der Waals surface area contributed by atoms with Crippen molar-refractivity contribution in [1.82, 2.24) is 10.3 Å². The van der Waals surface area contributed by atoms with Crippen LogP contribution >= 0.6 is 50.6 Å². The van der Waals surface area contributed by atoms with Crippen LogP contribution in [0.25, 0.3) is 17.3 Å². The summed E-state index contributed by atoms with van der Waals surface area (Å²) in [6, 6.07) is 30.5. The number of halogens is 2. The fourth-order valence-electron chi connectivity index (χ4n) is 3.96. The van der Waals surface area contributed by atoms with Crippen LogP contribution in [0.5, 0.6) is 0 Å². The Labute approximate surface area is 275 Å². The van der Waals surface area contributed by atoms with Gasteiger partial charge in [0.1, 0.15) is 5.70 Å². The molecule has 0 spiro atoms. The van der Waals surface area contributed by atoms with Crippen molar-refractivity contribution in [3.05, 3.63) is 135 Å². The Hall–Kier alpha value is -4.22. The molecule has 4 aromatic carbocycles. The summed E-state index contributed by atoms with van der Waals surface area (Å²) in [6.45, 7) is 0. The molecule has 0 aliphatic heterocycles. The van der Waals surface area contributed by atoms with E-state index in [-0.39, 0.29) is 17.4 Å². The van der Waals surface area contributed by atoms with Crippen molar-refractivity contribution in [3.63, 3.8) is 0 Å². The Balaban J connectivity index is 1.22. The van der Waals surface area contributed by atoms with Gasteiger partial charge in [0.05, 0.1) is 11.4 Å². The second kappa shape index (κ2) is 15.0. The lowest BCUT2D eigenvalue weighted by atomic mass is 10.1. The van der Waals surface area contributed by atoms with Crippen molar-refractivity contribution in [2.45, 2.75) is 4.90 Å². The Morgan fingerprint density at radius 2 is 1.66 bits per heavy atom. The number of carbonyl (C=O) groups excluding carboxylic acids is 3. The molecule has 3 N–H and O–H groups in total. The van der Waals surface area contributed by atoms with E-state index in [4.69, 9.17) is 11.6 Å². The minimum Gasteiger partial charge on any atom is -0.321 e. The van der Waals surface area contributed by atoms with E-state index in [0.717, 1.165) is 20.6 Å². The van der Waals surface area contributed by atoms with Gasteiger partial charge in [-0.1, -0.05) is 76.1 Å². The molecular weight excluding hydrogens is 680 g/mol. The SMILES string of the molecule is O=C(CSc1cccc(NC(=O)/C(=C/c2cccc(Cl)c2)NC(=O)c2ccccc2)c1)Nc1nc(-c2ccc(Br)cc2)cs1. The largest absolute Gasteiger partial charge is 0.321 e. The van der Waals surface area contributed by atoms with Gasteiger partial charge in [-0.25, -0.2) is 4.98 Å². The van der Waals surface area contributed by atoms with Crippen molar-refractivity contribution < 1.29 is 14.4 Å². The number of nitrogens with one attached hydrogen (secondary N) is 3. The summed E-state index contributed by atoms with van der Waals surface area (Å²) in [7, 11) is 0. The number of carbonyl (C=O) groups is 3. The van der Waals surface area contributed by atoms with Crippen molar-refractivity contribution in [3.8, 4) is 11.3 Å². The van der Waals surface area contributed by atoms with E-state index < -0.39 is 11.8 Å². The Bertz CT molecular complexity index is 1830. The molecule has 1 aromatic heterocycles. The standard InChI is InChI=1S/C33H24BrClN4O3S2/c34-24-14-12-22(13-15-24)29-19-44-33(38-29)39-30(40)20-43-27-11-5-10-26(18-27)36-32(42)28(17-21-6-4-9-25(35)16-21)37-31(41)23-7-2-1-3-8-23/h1-19H,20H2,(H,36,42)(H,37,41)(H,38,39,40)/b28-17-. The summed E-state index contributed by atoms with van der Waals surface area (Å²) in [5, 5.41) is 11.3. The third-order valence-corrected chi connectivity index (χ3v) is 8.56. The Morgan fingerprint density at radius 1 is 0.886 bits per heavy atom. The van der Waals surface area contributed by atoms with Gasteiger partial charge in [-0.3, -0.25) is 14.4 Å². The molecule has 0 saturated heterocycles. The third kappa shape index (κ3) is 8.90. The van der Waals surface area contributed by atoms with Gasteiger partial charge in [0.2, 0.25) is 5.91 Å². The van der Waals surface area contributed by atoms with Gasteiger partial charge in [0.15, 0.2) is 5.13 Å². The van der Waals surface area contributed by atoms with Crippen molar-refractivity contribution >= 4 is 85.2 Å². The topological polar surface area (TPSA) is 100 Å². The highest BCUT2D eigenvalue weighted by Gasteiger charge is 2.16. The Morgan fingerprint density at radius 3 is 2.43 bits per heavy atom. The Kier molecular flexibility index (Phi) is 10.6. The van der Waals surface area contributed by atoms with Crippen LogP contribution in [0.4, 0.5) is 10.8 Å². The molecule has 7 nitrogen and oxygen atoms in total. The van der Waals surface area contributed by atoms with E-state index in [0.29, 0.717) is 27.0 Å². The van der Waals surface area contributed by atoms with Crippen LogP contribution in [-0.4, -0.2) is 28.5 Å². The van der Waals surface area contributed by atoms with Gasteiger partial charge in [0, 0.05) is 36.6 Å². The first-order chi connectivity index (χ1) is 21.3. The van der Waals surface area contributed by atoms with Crippen LogP contribution < -0.4 is 16.0 Å². The maximum absolute atomic E-state index is 13.4. The maximum atomic E-state index is 13.4. The van der Waals surface area contributed by atoms with E-state index >= 15 is 0 Å². The minimum atomic E-state index is -0.514. The molecule has 0 unspecified atom stereocenters. The first-order valence-electron chi connectivity index (χ1n) is 13.2. The predicted molar refractivity (Wildman–Crippen MR) is 183 cm³/mol. The summed E-state index contributed by atoms with van der Waals surface area (Å²) in [5.41, 5.74) is 3.36. The van der Waals surface area contributed by atoms with Crippen LogP contribution in [0, 0.1) is 0 Å². The number of nitrogens with zero attached hydrogens (tertiary/aromatic N) is 1. The number of aromatic nitrogens is 1. The number of benzene rings is 4. The molecule has 5 aromatic rings. The molecule has 1 heterocycles. The number of rotatable bonds is 10. The summed E-state index contributed by atoms with van der Waals surface area (Å²) in [4.78, 5) is 44.2. The number of amides is 3. The molecule has 3 amide bonds. The van der Waals surface area contributed by atoms with E-state index in [1.807, 2.05) is 35.7 Å². The lowest BCUT2D eigenvalue weighted by molar-refractivity contribution is -0.114. The van der Waals surface area contributed by atoms with Crippen LogP contribution in [-0.2, 0) is 9.59 Å². The fraction of sp³-hybridized carbons (Fsp3) is 0.0303. The highest BCUT2D eigenvalue weighted by molar-refractivity contribution is 9.10. The van der Waals surface area contributed by atoms with Gasteiger partial charge < -0.3 is 16.0 Å². The first-order valence-corrected chi connectivity index (χ1v) is 16.3. The molecule has 0 saturated carbocycles. The van der Waals surface area contributed by atoms with Crippen molar-refractivity contribution in [1.29, 1.82) is 0 Å². The second-order valence-corrected chi connectivity index (χ2v) is 12.6. The van der Waals surface area contributed by atoms with Crippen LogP contribution in [0.3, 0.4) is 0 Å². The average Bonchev–Trinajstić information content (AvgIpc) is 3.49. The van der Waals surface area contributed by atoms with Crippen LogP contribution in [0.2, 0.25) is 5.02 Å². The monoisotopic (exact) mass is 702 g/mol. The zero-order chi connectivity index (χ0) is 30.9. The number of thioether (sulfide) groups is 1. The molecule has 44 heavy (non-hydrogen) atoms. The molecular formula is C33H24BrClN4O3S2. The van der Waals surface area contributed by atoms with E-state index in [9.17, 15) is 14.4 Å². The minimum absolute atomic E-state index is 0.0458. The van der Waals surface area contributed by atoms with E-state index in [1.54, 1.807) is 78.9 Å². The molecule has 0 radical (unpaired) electrons. The normalized spacial score (nSPS) is 11.1. The molecule has 0 fully saturated rings. The van der Waals surface area contributed by atoms with Crippen molar-refractivity contribution in [2.24, 2.45) is 0 Å².